The van der Waals surface area contributed by atoms with Crippen molar-refractivity contribution in [1.29, 1.82) is 0 Å². The van der Waals surface area contributed by atoms with Gasteiger partial charge in [0.2, 0.25) is 0 Å². The van der Waals surface area contributed by atoms with Crippen LogP contribution in [0.15, 0.2) is 17.5 Å². The second kappa shape index (κ2) is 2.86. The van der Waals surface area contributed by atoms with Crippen LogP contribution in [0.2, 0.25) is 0 Å². The van der Waals surface area contributed by atoms with Gasteiger partial charge in [0.15, 0.2) is 0 Å². The topological polar surface area (TPSA) is 20.2 Å². The molecule has 0 aromatic carbocycles. The van der Waals surface area contributed by atoms with E-state index in [0.29, 0.717) is 5.92 Å². The highest BCUT2D eigenvalue weighted by atomic mass is 32.1. The van der Waals surface area contributed by atoms with Crippen LogP contribution in [0, 0.1) is 5.92 Å². The molecule has 0 spiro atoms. The Hall–Kier alpha value is -0.340. The van der Waals surface area contributed by atoms with Crippen molar-refractivity contribution in [3.05, 3.63) is 22.4 Å². The maximum absolute atomic E-state index is 10.0. The molecule has 1 aromatic rings. The van der Waals surface area contributed by atoms with Crippen LogP contribution in [0.1, 0.15) is 24.6 Å². The Morgan fingerprint density at radius 2 is 2.42 bits per heavy atom. The summed E-state index contributed by atoms with van der Waals surface area (Å²) < 4.78 is 0. The first kappa shape index (κ1) is 8.27. The van der Waals surface area contributed by atoms with Gasteiger partial charge in [0.05, 0.1) is 5.60 Å². The summed E-state index contributed by atoms with van der Waals surface area (Å²) in [5.41, 5.74) is -0.454. The molecule has 1 saturated carbocycles. The fourth-order valence-electron chi connectivity index (χ4n) is 1.62. The predicted octanol–water partition coefficient (Wildman–Crippen LogP) is 2.45. The Kier molecular flexibility index (Phi) is 1.97. The van der Waals surface area contributed by atoms with Crippen LogP contribution in [0.25, 0.3) is 0 Å². The van der Waals surface area contributed by atoms with E-state index in [1.165, 1.54) is 17.7 Å². The molecule has 66 valence electrons. The molecule has 0 bridgehead atoms. The van der Waals surface area contributed by atoms with Crippen molar-refractivity contribution in [3.63, 3.8) is 0 Å². The van der Waals surface area contributed by atoms with Gasteiger partial charge in [-0.25, -0.2) is 0 Å². The van der Waals surface area contributed by atoms with E-state index >= 15 is 0 Å². The lowest BCUT2D eigenvalue weighted by molar-refractivity contribution is 0.0380. The van der Waals surface area contributed by atoms with Gasteiger partial charge in [-0.15, -0.1) is 11.3 Å². The van der Waals surface area contributed by atoms with Gasteiger partial charge < -0.3 is 5.11 Å². The van der Waals surface area contributed by atoms with Crippen molar-refractivity contribution in [2.24, 2.45) is 5.92 Å². The Morgan fingerprint density at radius 1 is 1.67 bits per heavy atom. The molecular formula is C10H14OS. The van der Waals surface area contributed by atoms with Crippen molar-refractivity contribution in [2.75, 3.05) is 0 Å². The molecule has 0 saturated heterocycles. The lowest BCUT2D eigenvalue weighted by Gasteiger charge is -2.21. The number of hydrogen-bond acceptors (Lipinski definition) is 2. The minimum absolute atomic E-state index is 0.454. The van der Waals surface area contributed by atoms with Crippen LogP contribution in [0.3, 0.4) is 0 Å². The standard InChI is InChI=1S/C10H14OS/c1-10(11,8-4-5-8)7-9-3-2-6-12-9/h2-3,6,8,11H,4-5,7H2,1H3. The third kappa shape index (κ3) is 1.70. The highest BCUT2D eigenvalue weighted by Crippen LogP contribution is 2.41. The van der Waals surface area contributed by atoms with Crippen molar-refractivity contribution >= 4 is 11.3 Å². The predicted molar refractivity (Wildman–Crippen MR) is 51.4 cm³/mol. The maximum atomic E-state index is 10.0. The van der Waals surface area contributed by atoms with Gasteiger partial charge in [0.1, 0.15) is 0 Å². The van der Waals surface area contributed by atoms with Crippen LogP contribution >= 0.6 is 11.3 Å². The van der Waals surface area contributed by atoms with Crippen LogP contribution in [0.4, 0.5) is 0 Å². The van der Waals surface area contributed by atoms with Crippen molar-refractivity contribution < 1.29 is 5.11 Å². The number of aliphatic hydroxyl groups is 1. The zero-order chi connectivity index (χ0) is 8.60. The summed E-state index contributed by atoms with van der Waals surface area (Å²) in [7, 11) is 0. The van der Waals surface area contributed by atoms with Crippen LogP contribution in [0.5, 0.6) is 0 Å². The molecule has 1 unspecified atom stereocenters. The summed E-state index contributed by atoms with van der Waals surface area (Å²) in [6.45, 7) is 1.96. The minimum atomic E-state index is -0.454. The lowest BCUT2D eigenvalue weighted by atomic mass is 9.96. The second-order valence-electron chi connectivity index (χ2n) is 3.89. The Labute approximate surface area is 77.0 Å². The number of thiophene rings is 1. The molecule has 0 aliphatic heterocycles. The van der Waals surface area contributed by atoms with E-state index in [1.54, 1.807) is 11.3 Å². The van der Waals surface area contributed by atoms with Crippen molar-refractivity contribution in [2.45, 2.75) is 31.8 Å². The molecule has 0 amide bonds. The van der Waals surface area contributed by atoms with Gasteiger partial charge in [0, 0.05) is 11.3 Å². The molecule has 1 atom stereocenters. The van der Waals surface area contributed by atoms with Gasteiger partial charge in [-0.1, -0.05) is 6.07 Å². The normalized spacial score (nSPS) is 22.2. The molecule has 2 heteroatoms. The Bertz CT molecular complexity index is 247. The van der Waals surface area contributed by atoms with Gasteiger partial charge >= 0.3 is 0 Å². The van der Waals surface area contributed by atoms with Gasteiger partial charge in [-0.05, 0) is 37.1 Å². The highest BCUT2D eigenvalue weighted by molar-refractivity contribution is 7.09. The van der Waals surface area contributed by atoms with E-state index in [1.807, 2.05) is 13.0 Å². The SMILES string of the molecule is CC(O)(Cc1cccs1)C1CC1. The zero-order valence-electron chi connectivity index (χ0n) is 7.29. The minimum Gasteiger partial charge on any atom is -0.390 e. The van der Waals surface area contributed by atoms with Crippen LogP contribution in [-0.2, 0) is 6.42 Å². The molecule has 1 aromatic heterocycles. The number of hydrogen-bond donors (Lipinski definition) is 1. The zero-order valence-corrected chi connectivity index (χ0v) is 8.10. The third-order valence-corrected chi connectivity index (χ3v) is 3.45. The fourth-order valence-corrected chi connectivity index (χ4v) is 2.48. The molecule has 2 rings (SSSR count). The average molecular weight is 182 g/mol. The summed E-state index contributed by atoms with van der Waals surface area (Å²) in [6, 6.07) is 4.14. The summed E-state index contributed by atoms with van der Waals surface area (Å²) in [5.74, 6) is 0.555. The van der Waals surface area contributed by atoms with E-state index in [0.717, 1.165) is 6.42 Å². The van der Waals surface area contributed by atoms with E-state index in [2.05, 4.69) is 11.4 Å². The van der Waals surface area contributed by atoms with Gasteiger partial charge in [0.25, 0.3) is 0 Å². The molecule has 1 aliphatic rings. The third-order valence-electron chi connectivity index (χ3n) is 2.57. The Morgan fingerprint density at radius 3 is 2.92 bits per heavy atom. The van der Waals surface area contributed by atoms with E-state index in [-0.39, 0.29) is 0 Å². The molecule has 0 radical (unpaired) electrons. The first-order valence-electron chi connectivity index (χ1n) is 4.43. The molecule has 1 nitrogen and oxygen atoms in total. The second-order valence-corrected chi connectivity index (χ2v) is 4.92. The van der Waals surface area contributed by atoms with E-state index in [4.69, 9.17) is 0 Å². The summed E-state index contributed by atoms with van der Waals surface area (Å²) in [5, 5.41) is 12.1. The van der Waals surface area contributed by atoms with Gasteiger partial charge in [-0.2, -0.15) is 0 Å². The van der Waals surface area contributed by atoms with Crippen LogP contribution < -0.4 is 0 Å². The number of rotatable bonds is 3. The summed E-state index contributed by atoms with van der Waals surface area (Å²) in [4.78, 5) is 1.30. The molecule has 12 heavy (non-hydrogen) atoms. The molecule has 1 aliphatic carbocycles. The molecule has 1 N–H and O–H groups in total. The van der Waals surface area contributed by atoms with Crippen LogP contribution in [-0.4, -0.2) is 10.7 Å². The summed E-state index contributed by atoms with van der Waals surface area (Å²) in [6.07, 6.45) is 3.24. The van der Waals surface area contributed by atoms with E-state index < -0.39 is 5.60 Å². The van der Waals surface area contributed by atoms with Gasteiger partial charge in [-0.3, -0.25) is 0 Å². The van der Waals surface area contributed by atoms with Crippen molar-refractivity contribution in [1.82, 2.24) is 0 Å². The monoisotopic (exact) mass is 182 g/mol. The quantitative estimate of drug-likeness (QED) is 0.761. The fraction of sp³-hybridized carbons (Fsp3) is 0.600. The maximum Gasteiger partial charge on any atom is 0.0695 e. The van der Waals surface area contributed by atoms with E-state index in [9.17, 15) is 5.11 Å². The Balaban J connectivity index is 2.01. The van der Waals surface area contributed by atoms with Crippen molar-refractivity contribution in [3.8, 4) is 0 Å². The highest BCUT2D eigenvalue weighted by Gasteiger charge is 2.39. The summed E-state index contributed by atoms with van der Waals surface area (Å²) >= 11 is 1.73. The first-order valence-corrected chi connectivity index (χ1v) is 5.31. The molecule has 1 heterocycles. The average Bonchev–Trinajstić information content (AvgIpc) is 2.74. The smallest absolute Gasteiger partial charge is 0.0695 e. The molecular weight excluding hydrogens is 168 g/mol. The molecule has 1 fully saturated rings. The first-order chi connectivity index (χ1) is 5.68. The largest absolute Gasteiger partial charge is 0.390 e. The lowest BCUT2D eigenvalue weighted by Crippen LogP contribution is -2.29.